The highest BCUT2D eigenvalue weighted by Gasteiger charge is 2.30. The van der Waals surface area contributed by atoms with E-state index >= 15 is 0 Å². The van der Waals surface area contributed by atoms with Crippen LogP contribution in [0.2, 0.25) is 0 Å². The first-order chi connectivity index (χ1) is 11.5. The van der Waals surface area contributed by atoms with Crippen LogP contribution in [0.4, 0.5) is 0 Å². The second-order valence-electron chi connectivity index (χ2n) is 5.40. The number of hydrogen-bond acceptors (Lipinski definition) is 6. The van der Waals surface area contributed by atoms with Crippen LogP contribution in [0.3, 0.4) is 0 Å². The van der Waals surface area contributed by atoms with Crippen molar-refractivity contribution in [2.45, 2.75) is 34.1 Å². The Morgan fingerprint density at radius 1 is 1.17 bits per heavy atom. The SMILES string of the molecule is CCN=C(C(=O)OCCc1ccccn1)C(C)C(C)C(=O)OCC. The van der Waals surface area contributed by atoms with Crippen LogP contribution < -0.4 is 0 Å². The predicted molar refractivity (Wildman–Crippen MR) is 91.8 cm³/mol. The van der Waals surface area contributed by atoms with E-state index in [1.807, 2.05) is 25.1 Å². The van der Waals surface area contributed by atoms with E-state index in [-0.39, 0.29) is 24.2 Å². The molecule has 132 valence electrons. The first kappa shape index (κ1) is 19.8. The molecule has 1 aromatic heterocycles. The molecule has 1 rings (SSSR count). The predicted octanol–water partition coefficient (Wildman–Crippen LogP) is 2.46. The molecule has 6 nitrogen and oxygen atoms in total. The lowest BCUT2D eigenvalue weighted by Crippen LogP contribution is -2.33. The Kier molecular flexibility index (Phi) is 8.68. The van der Waals surface area contributed by atoms with Crippen molar-refractivity contribution >= 4 is 17.7 Å². The molecule has 0 fully saturated rings. The third-order valence-electron chi connectivity index (χ3n) is 3.69. The summed E-state index contributed by atoms with van der Waals surface area (Å²) in [5.41, 5.74) is 1.13. The van der Waals surface area contributed by atoms with Crippen LogP contribution in [0.15, 0.2) is 29.4 Å². The van der Waals surface area contributed by atoms with E-state index in [0.717, 1.165) is 5.69 Å². The molecule has 0 spiro atoms. The van der Waals surface area contributed by atoms with E-state index in [0.29, 0.717) is 19.6 Å². The van der Waals surface area contributed by atoms with Gasteiger partial charge in [0.15, 0.2) is 0 Å². The minimum absolute atomic E-state index is 0.221. The van der Waals surface area contributed by atoms with Gasteiger partial charge in [-0.2, -0.15) is 0 Å². The molecule has 0 bridgehead atoms. The summed E-state index contributed by atoms with van der Waals surface area (Å²) in [6.45, 7) is 8.09. The molecule has 2 unspecified atom stereocenters. The van der Waals surface area contributed by atoms with E-state index in [2.05, 4.69) is 9.98 Å². The van der Waals surface area contributed by atoms with E-state index in [1.54, 1.807) is 27.0 Å². The Morgan fingerprint density at radius 2 is 1.92 bits per heavy atom. The number of aromatic nitrogens is 1. The molecule has 0 aliphatic heterocycles. The highest BCUT2D eigenvalue weighted by atomic mass is 16.5. The van der Waals surface area contributed by atoms with Gasteiger partial charge in [-0.1, -0.05) is 19.9 Å². The van der Waals surface area contributed by atoms with Crippen molar-refractivity contribution in [1.29, 1.82) is 0 Å². The topological polar surface area (TPSA) is 77.9 Å². The number of nitrogens with zero attached hydrogens (tertiary/aromatic N) is 2. The number of carbonyl (C=O) groups is 2. The van der Waals surface area contributed by atoms with Gasteiger partial charge in [0.25, 0.3) is 0 Å². The normalized spacial score (nSPS) is 13.9. The van der Waals surface area contributed by atoms with Crippen LogP contribution in [0.5, 0.6) is 0 Å². The number of hydrogen-bond donors (Lipinski definition) is 0. The van der Waals surface area contributed by atoms with Crippen molar-refractivity contribution in [2.24, 2.45) is 16.8 Å². The molecule has 0 saturated heterocycles. The molecule has 6 heteroatoms. The molecular formula is C18H26N2O4. The molecule has 0 aromatic carbocycles. The standard InChI is InChI=1S/C18H26N2O4/c1-5-19-16(13(3)14(4)17(21)23-6-2)18(22)24-12-10-15-9-7-8-11-20-15/h7-9,11,13-14H,5-6,10,12H2,1-4H3. The number of rotatable bonds is 9. The van der Waals surface area contributed by atoms with Gasteiger partial charge in [-0.3, -0.25) is 14.8 Å². The molecule has 2 atom stereocenters. The summed E-state index contributed by atoms with van der Waals surface area (Å²) >= 11 is 0. The van der Waals surface area contributed by atoms with Gasteiger partial charge in [-0.05, 0) is 26.0 Å². The first-order valence-corrected chi connectivity index (χ1v) is 8.29. The van der Waals surface area contributed by atoms with Gasteiger partial charge >= 0.3 is 11.9 Å². The van der Waals surface area contributed by atoms with E-state index < -0.39 is 11.9 Å². The van der Waals surface area contributed by atoms with E-state index in [9.17, 15) is 9.59 Å². The molecule has 1 aromatic rings. The largest absolute Gasteiger partial charge is 0.466 e. The lowest BCUT2D eigenvalue weighted by atomic mass is 9.91. The molecule has 0 amide bonds. The Balaban J connectivity index is 2.64. The third-order valence-corrected chi connectivity index (χ3v) is 3.69. The van der Waals surface area contributed by atoms with Crippen molar-refractivity contribution in [1.82, 2.24) is 4.98 Å². The highest BCUT2D eigenvalue weighted by molar-refractivity contribution is 6.37. The van der Waals surface area contributed by atoms with Crippen molar-refractivity contribution < 1.29 is 19.1 Å². The van der Waals surface area contributed by atoms with Crippen molar-refractivity contribution in [2.75, 3.05) is 19.8 Å². The number of esters is 2. The van der Waals surface area contributed by atoms with E-state index in [1.165, 1.54) is 0 Å². The van der Waals surface area contributed by atoms with Gasteiger partial charge in [0, 0.05) is 30.8 Å². The first-order valence-electron chi connectivity index (χ1n) is 8.29. The smallest absolute Gasteiger partial charge is 0.352 e. The quantitative estimate of drug-likeness (QED) is 0.512. The summed E-state index contributed by atoms with van der Waals surface area (Å²) in [5, 5.41) is 0. The van der Waals surface area contributed by atoms with Crippen LogP contribution >= 0.6 is 0 Å². The zero-order valence-electron chi connectivity index (χ0n) is 14.8. The lowest BCUT2D eigenvalue weighted by molar-refractivity contribution is -0.148. The Hall–Kier alpha value is -2.24. The van der Waals surface area contributed by atoms with Crippen LogP contribution in [0, 0.1) is 11.8 Å². The number of ether oxygens (including phenoxy) is 2. The number of aliphatic imine (C=N–C) groups is 1. The number of pyridine rings is 1. The minimum atomic E-state index is -0.489. The second kappa shape index (κ2) is 10.5. The maximum absolute atomic E-state index is 12.3. The van der Waals surface area contributed by atoms with Gasteiger partial charge in [0.05, 0.1) is 19.1 Å². The Labute approximate surface area is 143 Å². The van der Waals surface area contributed by atoms with Crippen molar-refractivity contribution in [3.63, 3.8) is 0 Å². The summed E-state index contributed by atoms with van der Waals surface area (Å²) in [6, 6.07) is 5.59. The monoisotopic (exact) mass is 334 g/mol. The van der Waals surface area contributed by atoms with E-state index in [4.69, 9.17) is 9.47 Å². The summed E-state index contributed by atoms with van der Waals surface area (Å²) < 4.78 is 10.3. The summed E-state index contributed by atoms with van der Waals surface area (Å²) in [6.07, 6.45) is 2.23. The van der Waals surface area contributed by atoms with Gasteiger partial charge in [0.1, 0.15) is 5.71 Å². The molecule has 0 aliphatic carbocycles. The maximum Gasteiger partial charge on any atom is 0.352 e. The molecule has 0 N–H and O–H groups in total. The Morgan fingerprint density at radius 3 is 2.50 bits per heavy atom. The highest BCUT2D eigenvalue weighted by Crippen LogP contribution is 2.16. The number of carbonyl (C=O) groups excluding carboxylic acids is 2. The second-order valence-corrected chi connectivity index (χ2v) is 5.40. The summed E-state index contributed by atoms with van der Waals surface area (Å²) in [4.78, 5) is 32.6. The molecule has 24 heavy (non-hydrogen) atoms. The van der Waals surface area contributed by atoms with Crippen LogP contribution in [0.25, 0.3) is 0 Å². The molecule has 0 aliphatic rings. The molecule has 0 radical (unpaired) electrons. The lowest BCUT2D eigenvalue weighted by Gasteiger charge is -2.19. The molecule has 0 saturated carbocycles. The fourth-order valence-electron chi connectivity index (χ4n) is 2.15. The van der Waals surface area contributed by atoms with Gasteiger partial charge < -0.3 is 9.47 Å². The summed E-state index contributed by atoms with van der Waals surface area (Å²) in [5.74, 6) is -1.66. The van der Waals surface area contributed by atoms with Gasteiger partial charge in [-0.25, -0.2) is 4.79 Å². The van der Waals surface area contributed by atoms with Crippen molar-refractivity contribution in [3.05, 3.63) is 30.1 Å². The fraction of sp³-hybridized carbons (Fsp3) is 0.556. The molecular weight excluding hydrogens is 308 g/mol. The average molecular weight is 334 g/mol. The average Bonchev–Trinajstić information content (AvgIpc) is 2.59. The Bertz CT molecular complexity index is 557. The zero-order chi connectivity index (χ0) is 17.9. The minimum Gasteiger partial charge on any atom is -0.466 e. The summed E-state index contributed by atoms with van der Waals surface area (Å²) in [7, 11) is 0. The van der Waals surface area contributed by atoms with Crippen LogP contribution in [0.1, 0.15) is 33.4 Å². The maximum atomic E-state index is 12.3. The van der Waals surface area contributed by atoms with Gasteiger partial charge in [0.2, 0.25) is 0 Å². The fourth-order valence-corrected chi connectivity index (χ4v) is 2.15. The van der Waals surface area contributed by atoms with Crippen molar-refractivity contribution in [3.8, 4) is 0 Å². The van der Waals surface area contributed by atoms with Crippen LogP contribution in [-0.4, -0.2) is 42.4 Å². The molecule has 1 heterocycles. The van der Waals surface area contributed by atoms with Crippen LogP contribution in [-0.2, 0) is 25.5 Å². The van der Waals surface area contributed by atoms with Gasteiger partial charge in [-0.15, -0.1) is 0 Å². The zero-order valence-corrected chi connectivity index (χ0v) is 14.8. The third kappa shape index (κ3) is 6.10.